The largest absolute Gasteiger partial charge is 0.480 e. The molecule has 0 aromatic rings. The molecule has 0 spiro atoms. The lowest BCUT2D eigenvalue weighted by atomic mass is 9.93. The van der Waals surface area contributed by atoms with E-state index in [9.17, 15) is 14.7 Å². The molecule has 0 aromatic heterocycles. The van der Waals surface area contributed by atoms with Crippen molar-refractivity contribution in [2.24, 2.45) is 5.92 Å². The summed E-state index contributed by atoms with van der Waals surface area (Å²) in [5, 5.41) is 12.3. The van der Waals surface area contributed by atoms with E-state index in [1.54, 1.807) is 0 Å². The zero-order valence-corrected chi connectivity index (χ0v) is 12.2. The number of carboxylic acid groups (broad SMARTS) is 1. The number of nitrogens with zero attached hydrogens (tertiary/aromatic N) is 1. The molecule has 19 heavy (non-hydrogen) atoms. The van der Waals surface area contributed by atoms with Crippen molar-refractivity contribution in [2.75, 3.05) is 19.6 Å². The third-order valence-corrected chi connectivity index (χ3v) is 4.20. The van der Waals surface area contributed by atoms with Crippen molar-refractivity contribution in [3.63, 3.8) is 0 Å². The lowest BCUT2D eigenvalue weighted by Crippen LogP contribution is -2.55. The van der Waals surface area contributed by atoms with E-state index in [0.29, 0.717) is 18.8 Å². The van der Waals surface area contributed by atoms with E-state index in [0.717, 1.165) is 19.5 Å². The Morgan fingerprint density at radius 2 is 2.00 bits per heavy atom. The number of rotatable bonds is 6. The lowest BCUT2D eigenvalue weighted by molar-refractivity contribution is -0.145. The van der Waals surface area contributed by atoms with E-state index in [2.05, 4.69) is 12.2 Å². The van der Waals surface area contributed by atoms with Crippen molar-refractivity contribution in [1.82, 2.24) is 10.2 Å². The van der Waals surface area contributed by atoms with Crippen LogP contribution in [0.5, 0.6) is 0 Å². The summed E-state index contributed by atoms with van der Waals surface area (Å²) in [4.78, 5) is 25.3. The summed E-state index contributed by atoms with van der Waals surface area (Å²) in [5.41, 5.74) is -0.975. The van der Waals surface area contributed by atoms with Gasteiger partial charge >= 0.3 is 5.97 Å². The molecule has 1 unspecified atom stereocenters. The Balaban J connectivity index is 2.54. The molecule has 5 nitrogen and oxygen atoms in total. The first-order valence-electron chi connectivity index (χ1n) is 7.21. The van der Waals surface area contributed by atoms with Crippen LogP contribution in [0.25, 0.3) is 0 Å². The molecule has 0 aromatic carbocycles. The SMILES string of the molecule is CCC(CC)(NCC(=O)N1CCCC(C)C1)C(=O)O. The molecule has 5 heteroatoms. The number of amides is 1. The molecule has 2 N–H and O–H groups in total. The van der Waals surface area contributed by atoms with Gasteiger partial charge in [-0.15, -0.1) is 0 Å². The second-order valence-electron chi connectivity index (χ2n) is 5.54. The van der Waals surface area contributed by atoms with Gasteiger partial charge in [-0.05, 0) is 31.6 Å². The Kier molecular flexibility index (Phi) is 5.79. The number of carboxylic acids is 1. The van der Waals surface area contributed by atoms with Gasteiger partial charge in [0.2, 0.25) is 5.91 Å². The number of carbonyl (C=O) groups excluding carboxylic acids is 1. The highest BCUT2D eigenvalue weighted by atomic mass is 16.4. The summed E-state index contributed by atoms with van der Waals surface area (Å²) in [7, 11) is 0. The summed E-state index contributed by atoms with van der Waals surface area (Å²) in [6, 6.07) is 0. The number of piperidine rings is 1. The topological polar surface area (TPSA) is 69.6 Å². The number of carbonyl (C=O) groups is 2. The van der Waals surface area contributed by atoms with E-state index in [1.807, 2.05) is 18.7 Å². The molecule has 0 aliphatic carbocycles. The van der Waals surface area contributed by atoms with Crippen LogP contribution in [-0.4, -0.2) is 47.1 Å². The highest BCUT2D eigenvalue weighted by Crippen LogP contribution is 2.17. The maximum absolute atomic E-state index is 12.1. The molecule has 0 saturated carbocycles. The van der Waals surface area contributed by atoms with Gasteiger partial charge in [-0.2, -0.15) is 0 Å². The number of hydrogen-bond donors (Lipinski definition) is 2. The normalized spacial score (nSPS) is 20.4. The molecule has 1 fully saturated rings. The number of hydrogen-bond acceptors (Lipinski definition) is 3. The summed E-state index contributed by atoms with van der Waals surface area (Å²) in [5.74, 6) is -0.323. The van der Waals surface area contributed by atoms with Crippen LogP contribution in [0, 0.1) is 5.92 Å². The molecular weight excluding hydrogens is 244 g/mol. The highest BCUT2D eigenvalue weighted by molar-refractivity contribution is 5.82. The lowest BCUT2D eigenvalue weighted by Gasteiger charge is -2.33. The Morgan fingerprint density at radius 3 is 2.47 bits per heavy atom. The molecule has 1 heterocycles. The molecule has 1 aliphatic heterocycles. The fraction of sp³-hybridized carbons (Fsp3) is 0.857. The fourth-order valence-corrected chi connectivity index (χ4v) is 2.65. The van der Waals surface area contributed by atoms with Crippen molar-refractivity contribution >= 4 is 11.9 Å². The monoisotopic (exact) mass is 270 g/mol. The standard InChI is InChI=1S/C14H26N2O3/c1-4-14(5-2,13(18)19)15-9-12(17)16-8-6-7-11(3)10-16/h11,15H,4-10H2,1-3H3,(H,18,19). The van der Waals surface area contributed by atoms with Crippen LogP contribution >= 0.6 is 0 Å². The van der Waals surface area contributed by atoms with Crippen molar-refractivity contribution in [2.45, 2.75) is 52.0 Å². The third-order valence-electron chi connectivity index (χ3n) is 4.20. The number of likely N-dealkylation sites (tertiary alicyclic amines) is 1. The van der Waals surface area contributed by atoms with E-state index in [1.165, 1.54) is 6.42 Å². The van der Waals surface area contributed by atoms with Gasteiger partial charge in [0, 0.05) is 13.1 Å². The van der Waals surface area contributed by atoms with Gasteiger partial charge < -0.3 is 10.0 Å². The zero-order chi connectivity index (χ0) is 14.5. The second-order valence-corrected chi connectivity index (χ2v) is 5.54. The minimum Gasteiger partial charge on any atom is -0.480 e. The average Bonchev–Trinajstić information content (AvgIpc) is 2.40. The Labute approximate surface area is 115 Å². The summed E-state index contributed by atoms with van der Waals surface area (Å²) >= 11 is 0. The Morgan fingerprint density at radius 1 is 1.37 bits per heavy atom. The summed E-state index contributed by atoms with van der Waals surface area (Å²) < 4.78 is 0. The molecule has 0 radical (unpaired) electrons. The smallest absolute Gasteiger partial charge is 0.323 e. The van der Waals surface area contributed by atoms with Crippen molar-refractivity contribution in [1.29, 1.82) is 0 Å². The minimum absolute atomic E-state index is 0.0130. The fourth-order valence-electron chi connectivity index (χ4n) is 2.65. The highest BCUT2D eigenvalue weighted by Gasteiger charge is 2.35. The first-order chi connectivity index (χ1) is 8.95. The maximum Gasteiger partial charge on any atom is 0.323 e. The van der Waals surface area contributed by atoms with Crippen LogP contribution < -0.4 is 5.32 Å². The quantitative estimate of drug-likeness (QED) is 0.767. The van der Waals surface area contributed by atoms with Gasteiger partial charge in [-0.25, -0.2) is 0 Å². The maximum atomic E-state index is 12.1. The van der Waals surface area contributed by atoms with Crippen LogP contribution in [-0.2, 0) is 9.59 Å². The van der Waals surface area contributed by atoms with Gasteiger partial charge in [0.25, 0.3) is 0 Å². The number of aliphatic carboxylic acids is 1. The minimum atomic E-state index is -0.975. The predicted octanol–water partition coefficient (Wildman–Crippen LogP) is 1.48. The Hall–Kier alpha value is -1.10. The first kappa shape index (κ1) is 16.0. The van der Waals surface area contributed by atoms with Gasteiger partial charge in [0.15, 0.2) is 0 Å². The van der Waals surface area contributed by atoms with Crippen molar-refractivity contribution in [3.8, 4) is 0 Å². The molecule has 1 rings (SSSR count). The van der Waals surface area contributed by atoms with Crippen molar-refractivity contribution in [3.05, 3.63) is 0 Å². The van der Waals surface area contributed by atoms with Crippen LogP contribution in [0.1, 0.15) is 46.5 Å². The zero-order valence-electron chi connectivity index (χ0n) is 12.2. The molecule has 1 aliphatic rings. The number of nitrogens with one attached hydrogen (secondary N) is 1. The van der Waals surface area contributed by atoms with E-state index in [-0.39, 0.29) is 12.5 Å². The molecular formula is C14H26N2O3. The van der Waals surface area contributed by atoms with Gasteiger partial charge in [-0.3, -0.25) is 14.9 Å². The van der Waals surface area contributed by atoms with Gasteiger partial charge in [0.05, 0.1) is 6.54 Å². The van der Waals surface area contributed by atoms with Crippen LogP contribution in [0.4, 0.5) is 0 Å². The molecule has 110 valence electrons. The molecule has 1 saturated heterocycles. The van der Waals surface area contributed by atoms with E-state index in [4.69, 9.17) is 0 Å². The summed E-state index contributed by atoms with van der Waals surface area (Å²) in [6.07, 6.45) is 3.16. The molecule has 1 amide bonds. The van der Waals surface area contributed by atoms with Crippen LogP contribution in [0.15, 0.2) is 0 Å². The first-order valence-corrected chi connectivity index (χ1v) is 7.21. The van der Waals surface area contributed by atoms with Gasteiger partial charge in [-0.1, -0.05) is 20.8 Å². The van der Waals surface area contributed by atoms with Gasteiger partial charge in [0.1, 0.15) is 5.54 Å². The van der Waals surface area contributed by atoms with E-state index < -0.39 is 11.5 Å². The Bertz CT molecular complexity index is 327. The summed E-state index contributed by atoms with van der Waals surface area (Å²) in [6.45, 7) is 7.51. The molecule has 1 atom stereocenters. The predicted molar refractivity (Wildman–Crippen MR) is 73.9 cm³/mol. The van der Waals surface area contributed by atoms with E-state index >= 15 is 0 Å². The van der Waals surface area contributed by atoms with Crippen molar-refractivity contribution < 1.29 is 14.7 Å². The molecule has 0 bridgehead atoms. The average molecular weight is 270 g/mol. The third kappa shape index (κ3) is 3.93. The van der Waals surface area contributed by atoms with Crippen LogP contribution in [0.3, 0.4) is 0 Å². The second kappa shape index (κ2) is 6.89. The van der Waals surface area contributed by atoms with Crippen LogP contribution in [0.2, 0.25) is 0 Å².